The third-order valence-corrected chi connectivity index (χ3v) is 4.17. The lowest BCUT2D eigenvalue weighted by Crippen LogP contribution is -2.12. The number of nitrogens with one attached hydrogen (secondary N) is 2. The molecule has 1 heterocycles. The summed E-state index contributed by atoms with van der Waals surface area (Å²) in [6.07, 6.45) is 0.304. The third-order valence-electron chi connectivity index (χ3n) is 3.18. The topological polar surface area (TPSA) is 94.9 Å². The summed E-state index contributed by atoms with van der Waals surface area (Å²) < 4.78 is 0. The van der Waals surface area contributed by atoms with E-state index in [0.717, 1.165) is 5.69 Å². The molecule has 6 nitrogen and oxygen atoms in total. The van der Waals surface area contributed by atoms with Gasteiger partial charge < -0.3 is 10.6 Å². The number of hydrogen-bond donors (Lipinski definition) is 2. The summed E-state index contributed by atoms with van der Waals surface area (Å²) in [5.41, 5.74) is 2.70. The van der Waals surface area contributed by atoms with E-state index in [2.05, 4.69) is 21.7 Å². The van der Waals surface area contributed by atoms with Crippen LogP contribution in [0.4, 0.5) is 11.4 Å². The molecule has 0 fully saturated rings. The highest BCUT2D eigenvalue weighted by Crippen LogP contribution is 2.21. The Morgan fingerprint density at radius 1 is 1.12 bits per heavy atom. The second-order valence-corrected chi connectivity index (χ2v) is 6.41. The van der Waals surface area contributed by atoms with Crippen LogP contribution >= 0.6 is 11.8 Å². The highest BCUT2D eigenvalue weighted by atomic mass is 32.2. The second-order valence-electron chi connectivity index (χ2n) is 5.32. The van der Waals surface area contributed by atoms with Crippen molar-refractivity contribution in [3.63, 3.8) is 0 Å². The maximum atomic E-state index is 12.0. The molecule has 0 aliphatic carbocycles. The molecule has 2 amide bonds. The first-order chi connectivity index (χ1) is 12.0. The van der Waals surface area contributed by atoms with Crippen molar-refractivity contribution >= 4 is 35.0 Å². The van der Waals surface area contributed by atoms with Crippen LogP contribution in [0.2, 0.25) is 0 Å². The van der Waals surface area contributed by atoms with E-state index in [-0.39, 0.29) is 11.8 Å². The lowest BCUT2D eigenvalue weighted by molar-refractivity contribution is -0.116. The van der Waals surface area contributed by atoms with Gasteiger partial charge in [-0.2, -0.15) is 5.26 Å². The smallest absolute Gasteiger partial charge is 0.225 e. The van der Waals surface area contributed by atoms with Crippen molar-refractivity contribution in [3.8, 4) is 6.07 Å². The molecule has 0 saturated heterocycles. The van der Waals surface area contributed by atoms with Crippen LogP contribution in [-0.4, -0.2) is 22.6 Å². The minimum Gasteiger partial charge on any atom is -0.326 e. The molecule has 1 aromatic heterocycles. The molecular weight excluding hydrogens is 336 g/mol. The minimum absolute atomic E-state index is 0.120. The van der Waals surface area contributed by atoms with Crippen molar-refractivity contribution in [2.45, 2.75) is 25.3 Å². The van der Waals surface area contributed by atoms with Crippen molar-refractivity contribution in [2.75, 3.05) is 16.4 Å². The summed E-state index contributed by atoms with van der Waals surface area (Å²) in [7, 11) is 0. The van der Waals surface area contributed by atoms with Crippen molar-refractivity contribution in [2.24, 2.45) is 0 Å². The van der Waals surface area contributed by atoms with E-state index in [9.17, 15) is 9.59 Å². The highest BCUT2D eigenvalue weighted by Gasteiger charge is 2.08. The Balaban J connectivity index is 1.84. The highest BCUT2D eigenvalue weighted by molar-refractivity contribution is 7.99. The van der Waals surface area contributed by atoms with E-state index < -0.39 is 0 Å². The van der Waals surface area contributed by atoms with Crippen LogP contribution in [0.5, 0.6) is 0 Å². The van der Waals surface area contributed by atoms with Crippen LogP contribution in [0.25, 0.3) is 0 Å². The number of anilines is 2. The molecule has 0 atom stereocenters. The van der Waals surface area contributed by atoms with Gasteiger partial charge in [0.15, 0.2) is 0 Å². The van der Waals surface area contributed by atoms with Crippen LogP contribution in [0.15, 0.2) is 41.4 Å². The number of rotatable bonds is 6. The monoisotopic (exact) mass is 354 g/mol. The Bertz CT molecular complexity index is 813. The Hall–Kier alpha value is -2.85. The largest absolute Gasteiger partial charge is 0.326 e. The number of amides is 2. The number of aryl methyl sites for hydroxylation is 1. The van der Waals surface area contributed by atoms with E-state index >= 15 is 0 Å². The van der Waals surface area contributed by atoms with Gasteiger partial charge in [0, 0.05) is 36.2 Å². The van der Waals surface area contributed by atoms with Gasteiger partial charge in [0.25, 0.3) is 0 Å². The fourth-order valence-corrected chi connectivity index (χ4v) is 2.99. The molecule has 2 aromatic rings. The number of aromatic nitrogens is 1. The van der Waals surface area contributed by atoms with Gasteiger partial charge in [-0.1, -0.05) is 0 Å². The first-order valence-corrected chi connectivity index (χ1v) is 8.64. The Morgan fingerprint density at radius 3 is 2.36 bits per heavy atom. The summed E-state index contributed by atoms with van der Waals surface area (Å²) in [4.78, 5) is 27.3. The predicted octanol–water partition coefficient (Wildman–Crippen LogP) is 3.34. The Morgan fingerprint density at radius 2 is 1.76 bits per heavy atom. The Kier molecular flexibility index (Phi) is 6.54. The molecular formula is C18H18N4O2S. The molecule has 0 aliphatic heterocycles. The zero-order valence-corrected chi connectivity index (χ0v) is 14.8. The third kappa shape index (κ3) is 5.94. The summed E-state index contributed by atoms with van der Waals surface area (Å²) >= 11 is 1.39. The van der Waals surface area contributed by atoms with Crippen molar-refractivity contribution < 1.29 is 9.59 Å². The van der Waals surface area contributed by atoms with E-state index in [1.165, 1.54) is 18.7 Å². The lowest BCUT2D eigenvalue weighted by atomic mass is 10.2. The molecule has 2 N–H and O–H groups in total. The fraction of sp³-hybridized carbons (Fsp3) is 0.222. The number of carbonyl (C=O) groups excluding carboxylic acids is 2. The number of benzene rings is 1. The normalized spacial score (nSPS) is 9.96. The molecule has 0 radical (unpaired) electrons. The summed E-state index contributed by atoms with van der Waals surface area (Å²) in [6, 6.07) is 12.5. The molecule has 25 heavy (non-hydrogen) atoms. The standard InChI is InChI=1S/C18H18N4O2S/c1-12-3-4-14(11-19)18(20-12)25-10-9-17(24)22-16-7-5-15(6-8-16)21-13(2)23/h3-8H,9-10H2,1-2H3,(H,21,23)(H,22,24). The van der Waals surface area contributed by atoms with Crippen molar-refractivity contribution in [1.29, 1.82) is 5.26 Å². The number of hydrogen-bond acceptors (Lipinski definition) is 5. The van der Waals surface area contributed by atoms with Crippen LogP contribution in [0.3, 0.4) is 0 Å². The van der Waals surface area contributed by atoms with Crippen LogP contribution in [-0.2, 0) is 9.59 Å². The van der Waals surface area contributed by atoms with Gasteiger partial charge >= 0.3 is 0 Å². The van der Waals surface area contributed by atoms with E-state index in [0.29, 0.717) is 34.1 Å². The SMILES string of the molecule is CC(=O)Nc1ccc(NC(=O)CCSc2nc(C)ccc2C#N)cc1. The zero-order valence-electron chi connectivity index (χ0n) is 14.0. The van der Waals surface area contributed by atoms with Crippen molar-refractivity contribution in [3.05, 3.63) is 47.7 Å². The molecule has 2 rings (SSSR count). The van der Waals surface area contributed by atoms with Crippen molar-refractivity contribution in [1.82, 2.24) is 4.98 Å². The molecule has 0 bridgehead atoms. The maximum Gasteiger partial charge on any atom is 0.225 e. The lowest BCUT2D eigenvalue weighted by Gasteiger charge is -2.07. The van der Waals surface area contributed by atoms with Gasteiger partial charge in [-0.15, -0.1) is 11.8 Å². The second kappa shape index (κ2) is 8.85. The number of pyridine rings is 1. The van der Waals surface area contributed by atoms with E-state index in [4.69, 9.17) is 5.26 Å². The summed E-state index contributed by atoms with van der Waals surface area (Å²) in [6.45, 7) is 3.30. The molecule has 0 aliphatic rings. The van der Waals surface area contributed by atoms with E-state index in [1.54, 1.807) is 36.4 Å². The zero-order chi connectivity index (χ0) is 18.2. The number of nitrogens with zero attached hydrogens (tertiary/aromatic N) is 2. The van der Waals surface area contributed by atoms with Gasteiger partial charge in [-0.05, 0) is 43.3 Å². The minimum atomic E-state index is -0.143. The van der Waals surface area contributed by atoms with Crippen LogP contribution in [0.1, 0.15) is 24.6 Å². The molecule has 0 spiro atoms. The summed E-state index contributed by atoms with van der Waals surface area (Å²) in [5.74, 6) is 0.266. The Labute approximate surface area is 150 Å². The quantitative estimate of drug-likeness (QED) is 0.776. The van der Waals surface area contributed by atoms with Gasteiger partial charge in [-0.25, -0.2) is 4.98 Å². The molecule has 0 saturated carbocycles. The molecule has 1 aromatic carbocycles. The summed E-state index contributed by atoms with van der Waals surface area (Å²) in [5, 5.41) is 15.2. The maximum absolute atomic E-state index is 12.0. The molecule has 0 unspecified atom stereocenters. The van der Waals surface area contributed by atoms with Gasteiger partial charge in [-0.3, -0.25) is 9.59 Å². The first-order valence-electron chi connectivity index (χ1n) is 7.66. The van der Waals surface area contributed by atoms with Gasteiger partial charge in [0.2, 0.25) is 11.8 Å². The van der Waals surface area contributed by atoms with Gasteiger partial charge in [0.1, 0.15) is 11.1 Å². The first kappa shape index (κ1) is 18.5. The van der Waals surface area contributed by atoms with Gasteiger partial charge in [0.05, 0.1) is 5.56 Å². The average molecular weight is 354 g/mol. The average Bonchev–Trinajstić information content (AvgIpc) is 2.56. The fourth-order valence-electron chi connectivity index (χ4n) is 2.03. The number of thioether (sulfide) groups is 1. The van der Waals surface area contributed by atoms with Crippen LogP contribution in [0, 0.1) is 18.3 Å². The predicted molar refractivity (Wildman–Crippen MR) is 98.4 cm³/mol. The molecule has 7 heteroatoms. The molecule has 128 valence electrons. The number of nitriles is 1. The van der Waals surface area contributed by atoms with E-state index in [1.807, 2.05) is 6.92 Å². The number of carbonyl (C=O) groups is 2. The van der Waals surface area contributed by atoms with Crippen LogP contribution < -0.4 is 10.6 Å².